The van der Waals surface area contributed by atoms with E-state index in [9.17, 15) is 4.39 Å². The second-order valence-electron chi connectivity index (χ2n) is 6.02. The van der Waals surface area contributed by atoms with Gasteiger partial charge < -0.3 is 4.98 Å². The van der Waals surface area contributed by atoms with Crippen molar-refractivity contribution < 1.29 is 4.39 Å². The molecule has 0 radical (unpaired) electrons. The van der Waals surface area contributed by atoms with Gasteiger partial charge in [-0.05, 0) is 12.8 Å². The fourth-order valence-corrected chi connectivity index (χ4v) is 3.16. The Balaban J connectivity index is 2.74. The van der Waals surface area contributed by atoms with Gasteiger partial charge in [-0.25, -0.2) is 0 Å². The Morgan fingerprint density at radius 2 is 1.60 bits per heavy atom. The van der Waals surface area contributed by atoms with E-state index in [1.54, 1.807) is 0 Å². The van der Waals surface area contributed by atoms with Crippen molar-refractivity contribution in [1.29, 1.82) is 0 Å². The largest absolute Gasteiger partial charge is 0.316 e. The molecule has 0 aliphatic rings. The lowest BCUT2D eigenvalue weighted by molar-refractivity contribution is 0.355. The molecule has 4 heteroatoms. The number of aromatic amines is 1. The summed E-state index contributed by atoms with van der Waals surface area (Å²) in [6.07, 6.45) is 9.93. The van der Waals surface area contributed by atoms with E-state index in [-0.39, 0.29) is 5.41 Å². The van der Waals surface area contributed by atoms with E-state index >= 15 is 0 Å². The van der Waals surface area contributed by atoms with Crippen LogP contribution in [-0.4, -0.2) is 9.97 Å². The number of nitrogens with one attached hydrogen (secondary N) is 1. The van der Waals surface area contributed by atoms with E-state index in [4.69, 9.17) is 11.6 Å². The van der Waals surface area contributed by atoms with E-state index in [0.29, 0.717) is 5.15 Å². The van der Waals surface area contributed by atoms with E-state index in [2.05, 4.69) is 30.7 Å². The molecule has 2 nitrogen and oxygen atoms in total. The van der Waals surface area contributed by atoms with Crippen LogP contribution in [0.3, 0.4) is 0 Å². The van der Waals surface area contributed by atoms with Gasteiger partial charge in [0.05, 0.1) is 5.69 Å². The highest BCUT2D eigenvalue weighted by atomic mass is 35.5. The third-order valence-electron chi connectivity index (χ3n) is 4.15. The number of H-pyrrole nitrogens is 1. The third kappa shape index (κ3) is 5.08. The van der Waals surface area contributed by atoms with Crippen molar-refractivity contribution in [3.63, 3.8) is 0 Å². The van der Waals surface area contributed by atoms with Crippen LogP contribution in [0, 0.1) is 6.08 Å². The normalized spacial score (nSPS) is 14.4. The van der Waals surface area contributed by atoms with Gasteiger partial charge in [-0.1, -0.05) is 77.3 Å². The molecule has 0 fully saturated rings. The molecule has 1 heterocycles. The zero-order chi connectivity index (χ0) is 15.0. The Bertz CT molecular complexity index is 392. The number of imidazole rings is 1. The fourth-order valence-electron chi connectivity index (χ4n) is 2.81. The maximum Gasteiger partial charge on any atom is 0.288 e. The fraction of sp³-hybridized carbons (Fsp3) is 0.812. The quantitative estimate of drug-likeness (QED) is 0.527. The van der Waals surface area contributed by atoms with Gasteiger partial charge in [-0.2, -0.15) is 9.37 Å². The molecule has 20 heavy (non-hydrogen) atoms. The van der Waals surface area contributed by atoms with Crippen molar-refractivity contribution in [2.75, 3.05) is 0 Å². The Hall–Kier alpha value is -0.570. The predicted molar refractivity (Wildman–Crippen MR) is 83.8 cm³/mol. The molecule has 1 unspecified atom stereocenters. The van der Waals surface area contributed by atoms with E-state index in [1.807, 2.05) is 0 Å². The minimum Gasteiger partial charge on any atom is -0.316 e. The van der Waals surface area contributed by atoms with Crippen molar-refractivity contribution in [1.82, 2.24) is 9.97 Å². The number of halogens is 2. The highest BCUT2D eigenvalue weighted by Crippen LogP contribution is 2.37. The zero-order valence-corrected chi connectivity index (χ0v) is 13.8. The van der Waals surface area contributed by atoms with Gasteiger partial charge in [0.15, 0.2) is 5.15 Å². The van der Waals surface area contributed by atoms with E-state index in [1.165, 1.54) is 32.1 Å². The van der Waals surface area contributed by atoms with Crippen LogP contribution in [0.25, 0.3) is 0 Å². The molecule has 0 saturated carbocycles. The number of aromatic nitrogens is 2. The highest BCUT2D eigenvalue weighted by Gasteiger charge is 2.30. The molecule has 1 atom stereocenters. The van der Waals surface area contributed by atoms with Gasteiger partial charge in [0, 0.05) is 5.41 Å². The van der Waals surface area contributed by atoms with Crippen molar-refractivity contribution in [3.8, 4) is 0 Å². The summed E-state index contributed by atoms with van der Waals surface area (Å²) in [6.45, 7) is 6.59. The smallest absolute Gasteiger partial charge is 0.288 e. The Morgan fingerprint density at radius 3 is 2.10 bits per heavy atom. The van der Waals surface area contributed by atoms with Crippen LogP contribution in [0.1, 0.15) is 84.3 Å². The average molecular weight is 303 g/mol. The van der Waals surface area contributed by atoms with E-state index < -0.39 is 6.08 Å². The maximum absolute atomic E-state index is 13.3. The minimum absolute atomic E-state index is 0.0860. The first-order valence-electron chi connectivity index (χ1n) is 7.95. The molecule has 0 spiro atoms. The molecule has 1 aromatic rings. The van der Waals surface area contributed by atoms with Crippen LogP contribution in [-0.2, 0) is 5.41 Å². The highest BCUT2D eigenvalue weighted by molar-refractivity contribution is 6.30. The molecule has 116 valence electrons. The van der Waals surface area contributed by atoms with Crippen LogP contribution >= 0.6 is 11.6 Å². The number of unbranched alkanes of at least 4 members (excludes halogenated alkanes) is 5. The topological polar surface area (TPSA) is 28.7 Å². The Morgan fingerprint density at radius 1 is 1.05 bits per heavy atom. The molecule has 1 rings (SSSR count). The lowest BCUT2D eigenvalue weighted by Gasteiger charge is -2.29. The van der Waals surface area contributed by atoms with E-state index in [0.717, 1.165) is 31.4 Å². The van der Waals surface area contributed by atoms with Crippen molar-refractivity contribution in [2.45, 2.75) is 84.0 Å². The van der Waals surface area contributed by atoms with Crippen molar-refractivity contribution >= 4 is 11.6 Å². The number of hydrogen-bond donors (Lipinski definition) is 1. The minimum atomic E-state index is -0.569. The molecule has 1 N–H and O–H groups in total. The summed E-state index contributed by atoms with van der Waals surface area (Å²) in [7, 11) is 0. The molecule has 0 aromatic carbocycles. The summed E-state index contributed by atoms with van der Waals surface area (Å²) >= 11 is 6.10. The van der Waals surface area contributed by atoms with Gasteiger partial charge in [0.1, 0.15) is 0 Å². The van der Waals surface area contributed by atoms with Gasteiger partial charge in [-0.3, -0.25) is 0 Å². The predicted octanol–water partition coefficient (Wildman–Crippen LogP) is 6.01. The second kappa shape index (κ2) is 8.66. The number of nitrogens with zero attached hydrogens (tertiary/aromatic N) is 1. The maximum atomic E-state index is 13.3. The molecule has 0 amide bonds. The average Bonchev–Trinajstić information content (AvgIpc) is 2.75. The first kappa shape index (κ1) is 17.5. The van der Waals surface area contributed by atoms with Crippen LogP contribution in [0.4, 0.5) is 4.39 Å². The molecule has 1 aromatic heterocycles. The molecule has 0 saturated heterocycles. The van der Waals surface area contributed by atoms with Crippen LogP contribution in [0.2, 0.25) is 5.15 Å². The summed E-state index contributed by atoms with van der Waals surface area (Å²) in [5.41, 5.74) is 0.696. The van der Waals surface area contributed by atoms with Gasteiger partial charge in [0.25, 0.3) is 6.08 Å². The molecule has 0 bridgehead atoms. The van der Waals surface area contributed by atoms with Crippen LogP contribution < -0.4 is 0 Å². The lowest BCUT2D eigenvalue weighted by atomic mass is 9.77. The molecular weight excluding hydrogens is 275 g/mol. The summed E-state index contributed by atoms with van der Waals surface area (Å²) in [5, 5.41) is 0.303. The van der Waals surface area contributed by atoms with Crippen LogP contribution in [0.5, 0.6) is 0 Å². The van der Waals surface area contributed by atoms with Gasteiger partial charge in [0.2, 0.25) is 0 Å². The number of hydrogen-bond acceptors (Lipinski definition) is 1. The number of rotatable bonds is 10. The first-order valence-corrected chi connectivity index (χ1v) is 8.32. The lowest BCUT2D eigenvalue weighted by Crippen LogP contribution is -2.23. The molecule has 0 aliphatic heterocycles. The first-order chi connectivity index (χ1) is 9.53. The Kier molecular flexibility index (Phi) is 7.57. The Labute approximate surface area is 127 Å². The molecular formula is C16H28ClFN2. The van der Waals surface area contributed by atoms with Crippen molar-refractivity contribution in [3.05, 3.63) is 16.9 Å². The summed E-state index contributed by atoms with van der Waals surface area (Å²) in [6, 6.07) is 0. The van der Waals surface area contributed by atoms with Crippen molar-refractivity contribution in [2.24, 2.45) is 0 Å². The summed E-state index contributed by atoms with van der Waals surface area (Å²) in [5.74, 6) is 0. The zero-order valence-electron chi connectivity index (χ0n) is 13.1. The van der Waals surface area contributed by atoms with Crippen LogP contribution in [0.15, 0.2) is 0 Å². The standard InChI is InChI=1S/C16H28ClFN2/c1-4-6-8-10-12-16(3,11-9-7-5-2)13-14(17)20-15(18)19-13/h4-12H2,1-3H3,(H,19,20). The third-order valence-corrected chi connectivity index (χ3v) is 4.42. The molecule has 0 aliphatic carbocycles. The summed E-state index contributed by atoms with van der Waals surface area (Å²) < 4.78 is 13.3. The summed E-state index contributed by atoms with van der Waals surface area (Å²) in [4.78, 5) is 6.44. The second-order valence-corrected chi connectivity index (χ2v) is 6.38. The van der Waals surface area contributed by atoms with Gasteiger partial charge in [-0.15, -0.1) is 0 Å². The van der Waals surface area contributed by atoms with Gasteiger partial charge >= 0.3 is 0 Å². The SMILES string of the molecule is CCCCCCC(C)(CCCCC)c1[nH]c(F)nc1Cl. The monoisotopic (exact) mass is 302 g/mol.